The number of hydrogen-bond donors (Lipinski definition) is 0. The summed E-state index contributed by atoms with van der Waals surface area (Å²) in [7, 11) is -3.46. The van der Waals surface area contributed by atoms with Crippen molar-refractivity contribution in [2.24, 2.45) is 0 Å². The minimum absolute atomic E-state index is 0.0985. The predicted molar refractivity (Wildman–Crippen MR) is 69.6 cm³/mol. The first kappa shape index (κ1) is 13.3. The van der Waals surface area contributed by atoms with Crippen molar-refractivity contribution in [3.63, 3.8) is 0 Å². The van der Waals surface area contributed by atoms with Crippen LogP contribution in [0.1, 0.15) is 12.8 Å². The molecule has 17 heavy (non-hydrogen) atoms. The van der Waals surface area contributed by atoms with E-state index >= 15 is 0 Å². The smallest absolute Gasteiger partial charge is 0.244 e. The molecule has 0 saturated carbocycles. The summed E-state index contributed by atoms with van der Waals surface area (Å²) in [4.78, 5) is 4.08. The standard InChI is InChI=1S/C10H12BrClN2O2S/c11-8-4-10(6-13-5-8)17(15,16)14-3-1-2-9(12)7-14/h4-6,9H,1-3,7H2. The maximum Gasteiger partial charge on any atom is 0.244 e. The summed E-state index contributed by atoms with van der Waals surface area (Å²) in [5.74, 6) is 0. The summed E-state index contributed by atoms with van der Waals surface area (Å²) in [6.07, 6.45) is 4.58. The van der Waals surface area contributed by atoms with Crippen LogP contribution in [0.25, 0.3) is 0 Å². The van der Waals surface area contributed by atoms with Gasteiger partial charge in [-0.05, 0) is 34.8 Å². The Balaban J connectivity index is 2.29. The van der Waals surface area contributed by atoms with Crippen molar-refractivity contribution < 1.29 is 8.42 Å². The molecule has 0 aromatic carbocycles. The van der Waals surface area contributed by atoms with Gasteiger partial charge in [-0.3, -0.25) is 4.98 Å². The predicted octanol–water partition coefficient (Wildman–Crippen LogP) is 2.24. The van der Waals surface area contributed by atoms with Crippen LogP contribution in [-0.4, -0.2) is 36.2 Å². The van der Waals surface area contributed by atoms with Gasteiger partial charge in [0.25, 0.3) is 0 Å². The first-order chi connectivity index (χ1) is 8.00. The van der Waals surface area contributed by atoms with Crippen LogP contribution in [0.15, 0.2) is 27.8 Å². The maximum absolute atomic E-state index is 12.3. The van der Waals surface area contributed by atoms with Crippen LogP contribution in [0.2, 0.25) is 0 Å². The first-order valence-corrected chi connectivity index (χ1v) is 7.92. The Morgan fingerprint density at radius 2 is 2.24 bits per heavy atom. The summed E-state index contributed by atoms with van der Waals surface area (Å²) >= 11 is 9.22. The lowest BCUT2D eigenvalue weighted by Gasteiger charge is -2.28. The highest BCUT2D eigenvalue weighted by molar-refractivity contribution is 9.10. The molecule has 0 amide bonds. The summed E-state index contributed by atoms with van der Waals surface area (Å²) in [5, 5.41) is -0.0985. The largest absolute Gasteiger partial charge is 0.262 e. The maximum atomic E-state index is 12.3. The minimum atomic E-state index is -3.46. The Morgan fingerprint density at radius 1 is 1.47 bits per heavy atom. The van der Waals surface area contributed by atoms with E-state index in [0.717, 1.165) is 12.8 Å². The van der Waals surface area contributed by atoms with Crippen molar-refractivity contribution in [2.75, 3.05) is 13.1 Å². The van der Waals surface area contributed by atoms with Crippen LogP contribution in [0.3, 0.4) is 0 Å². The van der Waals surface area contributed by atoms with Gasteiger partial charge in [0.05, 0.1) is 0 Å². The highest BCUT2D eigenvalue weighted by Gasteiger charge is 2.29. The van der Waals surface area contributed by atoms with E-state index < -0.39 is 10.0 Å². The molecule has 94 valence electrons. The zero-order chi connectivity index (χ0) is 12.5. The molecule has 0 aliphatic carbocycles. The van der Waals surface area contributed by atoms with Gasteiger partial charge in [-0.25, -0.2) is 8.42 Å². The number of sulfonamides is 1. The number of piperidine rings is 1. The second-order valence-corrected chi connectivity index (χ2v) is 7.41. The van der Waals surface area contributed by atoms with Gasteiger partial charge in [-0.1, -0.05) is 0 Å². The lowest BCUT2D eigenvalue weighted by Crippen LogP contribution is -2.40. The quantitative estimate of drug-likeness (QED) is 0.777. The average Bonchev–Trinajstić information content (AvgIpc) is 2.29. The monoisotopic (exact) mass is 338 g/mol. The van der Waals surface area contributed by atoms with Crippen LogP contribution in [-0.2, 0) is 10.0 Å². The number of rotatable bonds is 2. The third-order valence-corrected chi connectivity index (χ3v) is 5.26. The van der Waals surface area contributed by atoms with Gasteiger partial charge in [0.15, 0.2) is 0 Å². The van der Waals surface area contributed by atoms with Crippen LogP contribution in [0.5, 0.6) is 0 Å². The Kier molecular flexibility index (Phi) is 4.07. The van der Waals surface area contributed by atoms with Crippen molar-refractivity contribution >= 4 is 37.6 Å². The van der Waals surface area contributed by atoms with Gasteiger partial charge in [0, 0.05) is 35.3 Å². The Labute approximate surface area is 114 Å². The zero-order valence-corrected chi connectivity index (χ0v) is 12.2. The molecule has 1 atom stereocenters. The van der Waals surface area contributed by atoms with Crippen LogP contribution >= 0.6 is 27.5 Å². The molecule has 2 heterocycles. The van der Waals surface area contributed by atoms with Crippen LogP contribution in [0, 0.1) is 0 Å². The second-order valence-electron chi connectivity index (χ2n) is 3.94. The Bertz CT molecular complexity index is 509. The third kappa shape index (κ3) is 2.99. The van der Waals surface area contributed by atoms with Gasteiger partial charge in [0.2, 0.25) is 10.0 Å². The molecule has 1 unspecified atom stereocenters. The summed E-state index contributed by atoms with van der Waals surface area (Å²) < 4.78 is 26.7. The van der Waals surface area contributed by atoms with E-state index in [1.807, 2.05) is 0 Å². The molecule has 1 aliphatic heterocycles. The Morgan fingerprint density at radius 3 is 2.88 bits per heavy atom. The normalized spacial score (nSPS) is 22.6. The molecule has 0 radical (unpaired) electrons. The van der Waals surface area contributed by atoms with E-state index in [1.165, 1.54) is 10.5 Å². The minimum Gasteiger partial charge on any atom is -0.262 e. The van der Waals surface area contributed by atoms with Crippen LogP contribution < -0.4 is 0 Å². The number of aromatic nitrogens is 1. The number of pyridine rings is 1. The lowest BCUT2D eigenvalue weighted by molar-refractivity contribution is 0.350. The fourth-order valence-electron chi connectivity index (χ4n) is 1.79. The number of alkyl halides is 1. The van der Waals surface area contributed by atoms with E-state index in [0.29, 0.717) is 17.6 Å². The highest BCUT2D eigenvalue weighted by Crippen LogP contribution is 2.23. The molecule has 1 aromatic rings. The van der Waals surface area contributed by atoms with Crippen molar-refractivity contribution in [3.8, 4) is 0 Å². The zero-order valence-electron chi connectivity index (χ0n) is 9.01. The molecule has 0 N–H and O–H groups in total. The van der Waals surface area contributed by atoms with Crippen molar-refractivity contribution in [2.45, 2.75) is 23.1 Å². The van der Waals surface area contributed by atoms with Crippen molar-refractivity contribution in [3.05, 3.63) is 22.9 Å². The lowest BCUT2D eigenvalue weighted by atomic mass is 10.2. The summed E-state index contributed by atoms with van der Waals surface area (Å²) in [5.41, 5.74) is 0. The molecule has 7 heteroatoms. The van der Waals surface area contributed by atoms with Crippen molar-refractivity contribution in [1.82, 2.24) is 9.29 Å². The fourth-order valence-corrected chi connectivity index (χ4v) is 4.23. The van der Waals surface area contributed by atoms with Gasteiger partial charge in [-0.15, -0.1) is 11.6 Å². The molecular formula is C10H12BrClN2O2S. The van der Waals surface area contributed by atoms with E-state index in [9.17, 15) is 8.42 Å². The van der Waals surface area contributed by atoms with E-state index in [2.05, 4.69) is 20.9 Å². The molecule has 1 aromatic heterocycles. The molecule has 1 aliphatic rings. The molecule has 4 nitrogen and oxygen atoms in total. The molecule has 1 fully saturated rings. The van der Waals surface area contributed by atoms with E-state index in [1.54, 1.807) is 12.3 Å². The fraction of sp³-hybridized carbons (Fsp3) is 0.500. The topological polar surface area (TPSA) is 50.3 Å². The first-order valence-electron chi connectivity index (χ1n) is 5.25. The van der Waals surface area contributed by atoms with Gasteiger partial charge in [0.1, 0.15) is 4.90 Å². The number of nitrogens with zero attached hydrogens (tertiary/aromatic N) is 2. The van der Waals surface area contributed by atoms with Crippen molar-refractivity contribution in [1.29, 1.82) is 0 Å². The summed E-state index contributed by atoms with van der Waals surface area (Å²) in [6, 6.07) is 1.56. The molecular weight excluding hydrogens is 328 g/mol. The van der Waals surface area contributed by atoms with E-state index in [4.69, 9.17) is 11.6 Å². The second kappa shape index (κ2) is 5.22. The third-order valence-electron chi connectivity index (χ3n) is 2.64. The van der Waals surface area contributed by atoms with Gasteiger partial charge in [-0.2, -0.15) is 4.31 Å². The van der Waals surface area contributed by atoms with E-state index in [-0.39, 0.29) is 10.3 Å². The van der Waals surface area contributed by atoms with Gasteiger partial charge >= 0.3 is 0 Å². The Hall–Kier alpha value is -0.170. The number of halogens is 2. The molecule has 0 spiro atoms. The molecule has 0 bridgehead atoms. The summed E-state index contributed by atoms with van der Waals surface area (Å²) in [6.45, 7) is 0.897. The molecule has 2 rings (SSSR count). The molecule has 1 saturated heterocycles. The highest BCUT2D eigenvalue weighted by atomic mass is 79.9. The van der Waals surface area contributed by atoms with Crippen LogP contribution in [0.4, 0.5) is 0 Å². The average molecular weight is 340 g/mol. The van der Waals surface area contributed by atoms with Gasteiger partial charge < -0.3 is 0 Å². The SMILES string of the molecule is O=S(=O)(c1cncc(Br)c1)N1CCCC(Cl)C1. The number of hydrogen-bond acceptors (Lipinski definition) is 3.